The summed E-state index contributed by atoms with van der Waals surface area (Å²) in [6, 6.07) is 28.3. The number of benzene rings is 4. The third-order valence-electron chi connectivity index (χ3n) is 8.36. The molecule has 0 aliphatic carbocycles. The fourth-order valence-electron chi connectivity index (χ4n) is 6.31. The number of fused-ring (bicyclic) bond motifs is 2. The quantitative estimate of drug-likeness (QED) is 0.343. The van der Waals surface area contributed by atoms with Crippen LogP contribution in [-0.4, -0.2) is 47.8 Å². The average molecular weight is 477 g/mol. The van der Waals surface area contributed by atoms with Crippen molar-refractivity contribution in [1.29, 1.82) is 0 Å². The zero-order chi connectivity index (χ0) is 24.5. The Labute approximate surface area is 212 Å². The molecule has 4 aromatic carbocycles. The standard InChI is InChI=1S/C32H32N2O2/c35-31(29-13-5-9-25-7-1-3-11-27(25)29)33-19-15-23(16-20-33)24-17-21-34(22-18-24)32(36)30-14-6-10-26-8-2-4-12-28(26)30/h1-14,23-24H,15-22H2. The number of rotatable bonds is 3. The van der Waals surface area contributed by atoms with Crippen LogP contribution in [0.2, 0.25) is 0 Å². The number of piperidine rings is 2. The maximum atomic E-state index is 13.3. The normalized spacial score (nSPS) is 17.6. The highest BCUT2D eigenvalue weighted by atomic mass is 16.2. The molecule has 182 valence electrons. The first-order valence-electron chi connectivity index (χ1n) is 13.2. The van der Waals surface area contributed by atoms with E-state index in [1.807, 2.05) is 70.5 Å². The number of hydrogen-bond acceptors (Lipinski definition) is 2. The highest BCUT2D eigenvalue weighted by Gasteiger charge is 2.32. The Hall–Kier alpha value is -3.66. The topological polar surface area (TPSA) is 40.6 Å². The maximum absolute atomic E-state index is 13.3. The zero-order valence-corrected chi connectivity index (χ0v) is 20.6. The first-order valence-corrected chi connectivity index (χ1v) is 13.2. The van der Waals surface area contributed by atoms with E-state index < -0.39 is 0 Å². The van der Waals surface area contributed by atoms with Crippen molar-refractivity contribution in [3.8, 4) is 0 Å². The Morgan fingerprint density at radius 1 is 0.500 bits per heavy atom. The van der Waals surface area contributed by atoms with Gasteiger partial charge in [-0.2, -0.15) is 0 Å². The van der Waals surface area contributed by atoms with Crippen LogP contribution in [-0.2, 0) is 0 Å². The highest BCUT2D eigenvalue weighted by Crippen LogP contribution is 2.34. The molecule has 0 radical (unpaired) electrons. The molecule has 4 aromatic rings. The summed E-state index contributed by atoms with van der Waals surface area (Å²) in [5.41, 5.74) is 1.62. The van der Waals surface area contributed by atoms with Crippen LogP contribution in [0, 0.1) is 11.8 Å². The predicted octanol–water partition coefficient (Wildman–Crippen LogP) is 6.40. The Balaban J connectivity index is 1.06. The van der Waals surface area contributed by atoms with Crippen LogP contribution in [0.5, 0.6) is 0 Å². The van der Waals surface area contributed by atoms with E-state index in [1.54, 1.807) is 0 Å². The monoisotopic (exact) mass is 476 g/mol. The second-order valence-electron chi connectivity index (χ2n) is 10.3. The van der Waals surface area contributed by atoms with Crippen molar-refractivity contribution < 1.29 is 9.59 Å². The van der Waals surface area contributed by atoms with E-state index in [-0.39, 0.29) is 11.8 Å². The van der Waals surface area contributed by atoms with Crippen LogP contribution in [0.3, 0.4) is 0 Å². The molecule has 2 aliphatic rings. The van der Waals surface area contributed by atoms with Crippen LogP contribution in [0.25, 0.3) is 21.5 Å². The van der Waals surface area contributed by atoms with Crippen LogP contribution in [0.1, 0.15) is 46.4 Å². The van der Waals surface area contributed by atoms with E-state index in [2.05, 4.69) is 24.3 Å². The minimum Gasteiger partial charge on any atom is -0.339 e. The van der Waals surface area contributed by atoms with E-state index in [1.165, 1.54) is 0 Å². The molecule has 0 spiro atoms. The van der Waals surface area contributed by atoms with Crippen molar-refractivity contribution in [2.75, 3.05) is 26.2 Å². The summed E-state index contributed by atoms with van der Waals surface area (Å²) in [6.07, 6.45) is 4.22. The molecule has 2 fully saturated rings. The Morgan fingerprint density at radius 3 is 1.28 bits per heavy atom. The molecule has 0 bridgehead atoms. The molecule has 4 nitrogen and oxygen atoms in total. The van der Waals surface area contributed by atoms with E-state index >= 15 is 0 Å². The SMILES string of the molecule is O=C(c1cccc2ccccc12)N1CCC(C2CCN(C(=O)c3cccc4ccccc34)CC2)CC1. The van der Waals surface area contributed by atoms with Gasteiger partial charge in [0, 0.05) is 37.3 Å². The molecule has 0 atom stereocenters. The van der Waals surface area contributed by atoms with Crippen molar-refractivity contribution in [3.63, 3.8) is 0 Å². The van der Waals surface area contributed by atoms with Crippen molar-refractivity contribution in [2.24, 2.45) is 11.8 Å². The van der Waals surface area contributed by atoms with E-state index in [0.29, 0.717) is 11.8 Å². The van der Waals surface area contributed by atoms with Crippen molar-refractivity contribution in [2.45, 2.75) is 25.7 Å². The van der Waals surface area contributed by atoms with Gasteiger partial charge in [0.25, 0.3) is 11.8 Å². The minimum atomic E-state index is 0.153. The largest absolute Gasteiger partial charge is 0.339 e. The molecular weight excluding hydrogens is 444 g/mol. The minimum absolute atomic E-state index is 0.153. The molecule has 0 N–H and O–H groups in total. The van der Waals surface area contributed by atoms with Gasteiger partial charge in [-0.05, 0) is 71.2 Å². The number of carbonyl (C=O) groups excluding carboxylic acids is 2. The van der Waals surface area contributed by atoms with Crippen LogP contribution in [0.15, 0.2) is 84.9 Å². The molecule has 4 heteroatoms. The molecular formula is C32H32N2O2. The first kappa shape index (κ1) is 22.8. The number of nitrogens with zero attached hydrogens (tertiary/aromatic N) is 2. The van der Waals surface area contributed by atoms with Gasteiger partial charge < -0.3 is 9.80 Å². The molecule has 2 saturated heterocycles. The summed E-state index contributed by atoms with van der Waals surface area (Å²) in [4.78, 5) is 30.7. The first-order chi connectivity index (χ1) is 17.7. The lowest BCUT2D eigenvalue weighted by atomic mass is 9.78. The van der Waals surface area contributed by atoms with Gasteiger partial charge in [0.2, 0.25) is 0 Å². The summed E-state index contributed by atoms with van der Waals surface area (Å²) in [7, 11) is 0. The van der Waals surface area contributed by atoms with Gasteiger partial charge in [0.1, 0.15) is 0 Å². The second kappa shape index (κ2) is 9.77. The molecule has 2 heterocycles. The van der Waals surface area contributed by atoms with Crippen LogP contribution < -0.4 is 0 Å². The molecule has 36 heavy (non-hydrogen) atoms. The van der Waals surface area contributed by atoms with Crippen molar-refractivity contribution in [3.05, 3.63) is 96.1 Å². The van der Waals surface area contributed by atoms with Gasteiger partial charge in [0.15, 0.2) is 0 Å². The summed E-state index contributed by atoms with van der Waals surface area (Å²) in [5.74, 6) is 1.58. The van der Waals surface area contributed by atoms with Gasteiger partial charge in [-0.1, -0.05) is 72.8 Å². The maximum Gasteiger partial charge on any atom is 0.254 e. The van der Waals surface area contributed by atoms with Gasteiger partial charge in [-0.25, -0.2) is 0 Å². The summed E-state index contributed by atoms with van der Waals surface area (Å²) in [5, 5.41) is 4.30. The van der Waals surface area contributed by atoms with Crippen molar-refractivity contribution in [1.82, 2.24) is 9.80 Å². The van der Waals surface area contributed by atoms with Gasteiger partial charge in [0.05, 0.1) is 0 Å². The number of hydrogen-bond donors (Lipinski definition) is 0. The lowest BCUT2D eigenvalue weighted by molar-refractivity contribution is 0.0539. The summed E-state index contributed by atoms with van der Waals surface area (Å²) >= 11 is 0. The molecule has 6 rings (SSSR count). The number of amides is 2. The predicted molar refractivity (Wildman–Crippen MR) is 145 cm³/mol. The van der Waals surface area contributed by atoms with E-state index in [4.69, 9.17) is 0 Å². The molecule has 0 unspecified atom stereocenters. The lowest BCUT2D eigenvalue weighted by Gasteiger charge is -2.40. The highest BCUT2D eigenvalue weighted by molar-refractivity contribution is 6.07. The second-order valence-corrected chi connectivity index (χ2v) is 10.3. The summed E-state index contributed by atoms with van der Waals surface area (Å²) < 4.78 is 0. The van der Waals surface area contributed by atoms with E-state index in [0.717, 1.165) is 84.5 Å². The van der Waals surface area contributed by atoms with Gasteiger partial charge in [-0.15, -0.1) is 0 Å². The fourth-order valence-corrected chi connectivity index (χ4v) is 6.31. The Kier molecular flexibility index (Phi) is 6.18. The lowest BCUT2D eigenvalue weighted by Crippen LogP contribution is -2.44. The zero-order valence-electron chi connectivity index (χ0n) is 20.6. The molecule has 2 aliphatic heterocycles. The smallest absolute Gasteiger partial charge is 0.254 e. The summed E-state index contributed by atoms with van der Waals surface area (Å²) in [6.45, 7) is 3.29. The van der Waals surface area contributed by atoms with Crippen LogP contribution >= 0.6 is 0 Å². The fraction of sp³-hybridized carbons (Fsp3) is 0.312. The Morgan fingerprint density at radius 2 is 0.861 bits per heavy atom. The number of likely N-dealkylation sites (tertiary alicyclic amines) is 2. The van der Waals surface area contributed by atoms with E-state index in [9.17, 15) is 9.59 Å². The Bertz CT molecular complexity index is 1290. The van der Waals surface area contributed by atoms with Crippen LogP contribution in [0.4, 0.5) is 0 Å². The van der Waals surface area contributed by atoms with Gasteiger partial charge in [-0.3, -0.25) is 9.59 Å². The average Bonchev–Trinajstić information content (AvgIpc) is 2.96. The molecule has 0 aromatic heterocycles. The van der Waals surface area contributed by atoms with Crippen molar-refractivity contribution >= 4 is 33.4 Å². The number of carbonyl (C=O) groups is 2. The van der Waals surface area contributed by atoms with Gasteiger partial charge >= 0.3 is 0 Å². The third kappa shape index (κ3) is 4.26. The third-order valence-corrected chi connectivity index (χ3v) is 8.36. The molecule has 2 amide bonds. The molecule has 0 saturated carbocycles.